The molecule has 0 aliphatic rings. The van der Waals surface area contributed by atoms with Gasteiger partial charge >= 0.3 is 0 Å². The molecule has 0 aliphatic heterocycles. The van der Waals surface area contributed by atoms with Gasteiger partial charge in [0.15, 0.2) is 0 Å². The molecule has 2 rings (SSSR count). The number of carbonyl (C=O) groups excluding carboxylic acids is 1. The fourth-order valence-corrected chi connectivity index (χ4v) is 4.76. The zero-order chi connectivity index (χ0) is 22.3. The van der Waals surface area contributed by atoms with Crippen LogP contribution >= 0.6 is 11.8 Å². The molecule has 0 heterocycles. The van der Waals surface area contributed by atoms with Gasteiger partial charge in [-0.05, 0) is 50.5 Å². The van der Waals surface area contributed by atoms with E-state index in [1.165, 1.54) is 30.0 Å². The lowest BCUT2D eigenvalue weighted by Crippen LogP contribution is -2.47. The molecule has 0 aromatic heterocycles. The fourth-order valence-electron chi connectivity index (χ4n) is 2.98. The van der Waals surface area contributed by atoms with Gasteiger partial charge < -0.3 is 10.1 Å². The molecular formula is C21H27FN2O4S2. The number of ether oxygens (including phenoxy) is 1. The van der Waals surface area contributed by atoms with Gasteiger partial charge in [0.1, 0.15) is 22.5 Å². The van der Waals surface area contributed by atoms with Crippen LogP contribution < -0.4 is 14.8 Å². The molecule has 0 spiro atoms. The maximum atomic E-state index is 14.0. The molecule has 2 N–H and O–H groups in total. The fraction of sp³-hybridized carbons (Fsp3) is 0.381. The number of nitrogens with one attached hydrogen (secondary N) is 2. The van der Waals surface area contributed by atoms with Gasteiger partial charge in [0.05, 0.1) is 13.2 Å². The van der Waals surface area contributed by atoms with E-state index in [9.17, 15) is 17.6 Å². The number of sulfonamides is 1. The first-order valence-corrected chi connectivity index (χ1v) is 12.3. The Morgan fingerprint density at radius 3 is 2.57 bits per heavy atom. The van der Waals surface area contributed by atoms with Crippen molar-refractivity contribution >= 4 is 27.7 Å². The second kappa shape index (κ2) is 10.8. The molecule has 164 valence electrons. The van der Waals surface area contributed by atoms with Gasteiger partial charge in [-0.15, -0.1) is 0 Å². The molecular weight excluding hydrogens is 427 g/mol. The minimum absolute atomic E-state index is 0.262. The maximum absolute atomic E-state index is 14.0. The summed E-state index contributed by atoms with van der Waals surface area (Å²) in [7, 11) is -2.66. The summed E-state index contributed by atoms with van der Waals surface area (Å²) >= 11 is 1.49. The van der Waals surface area contributed by atoms with Crippen LogP contribution in [-0.2, 0) is 14.8 Å². The van der Waals surface area contributed by atoms with E-state index < -0.39 is 38.7 Å². The van der Waals surface area contributed by atoms with Crippen LogP contribution in [0.5, 0.6) is 5.75 Å². The van der Waals surface area contributed by atoms with E-state index in [1.807, 2.05) is 31.4 Å². The number of carbonyl (C=O) groups is 1. The Labute approximate surface area is 181 Å². The first kappa shape index (κ1) is 24.2. The first-order valence-electron chi connectivity index (χ1n) is 9.40. The van der Waals surface area contributed by atoms with Gasteiger partial charge in [-0.25, -0.2) is 12.8 Å². The SMILES string of the molecule is COc1ccc(C)cc1C(C)NC(=O)C(CCSC)NS(=O)(=O)c1ccccc1F. The van der Waals surface area contributed by atoms with Crippen LogP contribution in [0.4, 0.5) is 4.39 Å². The number of rotatable bonds is 10. The standard InChI is InChI=1S/C21H27FN2O4S2/c1-14-9-10-19(28-3)16(13-14)15(2)23-21(25)18(11-12-29-4)24-30(26,27)20-8-6-5-7-17(20)22/h5-10,13,15,18,24H,11-12H2,1-4H3,(H,23,25). The van der Waals surface area contributed by atoms with Crippen molar-refractivity contribution < 1.29 is 22.3 Å². The lowest BCUT2D eigenvalue weighted by Gasteiger charge is -2.23. The number of methoxy groups -OCH3 is 1. The molecule has 2 atom stereocenters. The summed E-state index contributed by atoms with van der Waals surface area (Å²) in [5, 5.41) is 2.85. The number of hydrogen-bond donors (Lipinski definition) is 2. The summed E-state index contributed by atoms with van der Waals surface area (Å²) in [6.45, 7) is 3.73. The van der Waals surface area contributed by atoms with Crippen LogP contribution in [0, 0.1) is 12.7 Å². The third-order valence-corrected chi connectivity index (χ3v) is 6.71. The van der Waals surface area contributed by atoms with Gasteiger partial charge in [0.25, 0.3) is 0 Å². The van der Waals surface area contributed by atoms with Crippen LogP contribution in [0.25, 0.3) is 0 Å². The largest absolute Gasteiger partial charge is 0.496 e. The topological polar surface area (TPSA) is 84.5 Å². The summed E-state index contributed by atoms with van der Waals surface area (Å²) < 4.78 is 47.1. The molecule has 6 nitrogen and oxygen atoms in total. The van der Waals surface area contributed by atoms with Gasteiger partial charge in [0.2, 0.25) is 15.9 Å². The highest BCUT2D eigenvalue weighted by Gasteiger charge is 2.28. The average Bonchev–Trinajstić information content (AvgIpc) is 2.71. The molecule has 0 fully saturated rings. The zero-order valence-electron chi connectivity index (χ0n) is 17.4. The molecule has 9 heteroatoms. The van der Waals surface area contributed by atoms with E-state index in [4.69, 9.17) is 4.74 Å². The molecule has 0 saturated heterocycles. The Balaban J connectivity index is 2.23. The second-order valence-corrected chi connectivity index (χ2v) is 9.53. The quantitative estimate of drug-likeness (QED) is 0.575. The van der Waals surface area contributed by atoms with Gasteiger partial charge in [0, 0.05) is 5.56 Å². The first-order chi connectivity index (χ1) is 14.2. The van der Waals surface area contributed by atoms with Crippen LogP contribution in [-0.4, -0.2) is 39.5 Å². The molecule has 0 aliphatic carbocycles. The number of halogens is 1. The van der Waals surface area contributed by atoms with Crippen molar-refractivity contribution in [2.75, 3.05) is 19.1 Å². The van der Waals surface area contributed by atoms with Crippen molar-refractivity contribution in [1.29, 1.82) is 0 Å². The Kier molecular flexibility index (Phi) is 8.69. The number of hydrogen-bond acceptors (Lipinski definition) is 5. The van der Waals surface area contributed by atoms with E-state index >= 15 is 0 Å². The Morgan fingerprint density at radius 1 is 1.23 bits per heavy atom. The predicted octanol–water partition coefficient (Wildman–Crippen LogP) is 3.42. The summed E-state index contributed by atoms with van der Waals surface area (Å²) in [5.74, 6) is -0.173. The number of benzene rings is 2. The van der Waals surface area contributed by atoms with E-state index in [1.54, 1.807) is 14.0 Å². The molecule has 1 amide bonds. The second-order valence-electron chi connectivity index (χ2n) is 6.86. The smallest absolute Gasteiger partial charge is 0.244 e. The van der Waals surface area contributed by atoms with Gasteiger partial charge in [-0.2, -0.15) is 16.5 Å². The summed E-state index contributed by atoms with van der Waals surface area (Å²) in [6, 6.07) is 9.25. The Morgan fingerprint density at radius 2 is 1.93 bits per heavy atom. The van der Waals surface area contributed by atoms with Crippen LogP contribution in [0.3, 0.4) is 0 Å². The predicted molar refractivity (Wildman–Crippen MR) is 118 cm³/mol. The van der Waals surface area contributed by atoms with E-state index in [0.29, 0.717) is 11.5 Å². The molecule has 2 unspecified atom stereocenters. The Bertz CT molecular complexity index is 983. The summed E-state index contributed by atoms with van der Waals surface area (Å²) in [4.78, 5) is 12.4. The number of aryl methyl sites for hydroxylation is 1. The monoisotopic (exact) mass is 454 g/mol. The van der Waals surface area contributed by atoms with Crippen molar-refractivity contribution in [3.8, 4) is 5.75 Å². The molecule has 30 heavy (non-hydrogen) atoms. The molecule has 0 saturated carbocycles. The Hall–Kier alpha value is -2.10. The molecule has 2 aromatic carbocycles. The third-order valence-electron chi connectivity index (χ3n) is 4.56. The average molecular weight is 455 g/mol. The van der Waals surface area contributed by atoms with Crippen molar-refractivity contribution in [2.24, 2.45) is 0 Å². The van der Waals surface area contributed by atoms with Crippen LogP contribution in [0.1, 0.15) is 30.5 Å². The van der Waals surface area contributed by atoms with E-state index in [2.05, 4.69) is 10.0 Å². The lowest BCUT2D eigenvalue weighted by atomic mass is 10.0. The maximum Gasteiger partial charge on any atom is 0.244 e. The van der Waals surface area contributed by atoms with Crippen LogP contribution in [0.2, 0.25) is 0 Å². The van der Waals surface area contributed by atoms with Gasteiger partial charge in [-0.3, -0.25) is 4.79 Å². The molecule has 2 aromatic rings. The minimum atomic E-state index is -4.21. The molecule has 0 bridgehead atoms. The van der Waals surface area contributed by atoms with E-state index in [-0.39, 0.29) is 6.42 Å². The highest BCUT2D eigenvalue weighted by Crippen LogP contribution is 2.26. The highest BCUT2D eigenvalue weighted by molar-refractivity contribution is 7.98. The summed E-state index contributed by atoms with van der Waals surface area (Å²) in [6.07, 6.45) is 2.12. The minimum Gasteiger partial charge on any atom is -0.496 e. The van der Waals surface area contributed by atoms with Crippen molar-refractivity contribution in [3.05, 3.63) is 59.4 Å². The molecule has 0 radical (unpaired) electrons. The number of thioether (sulfide) groups is 1. The normalized spacial score (nSPS) is 13.5. The highest BCUT2D eigenvalue weighted by atomic mass is 32.2. The van der Waals surface area contributed by atoms with Crippen molar-refractivity contribution in [2.45, 2.75) is 37.2 Å². The summed E-state index contributed by atoms with van der Waals surface area (Å²) in [5.41, 5.74) is 1.79. The lowest BCUT2D eigenvalue weighted by molar-refractivity contribution is -0.123. The van der Waals surface area contributed by atoms with Crippen molar-refractivity contribution in [1.82, 2.24) is 10.0 Å². The van der Waals surface area contributed by atoms with Crippen molar-refractivity contribution in [3.63, 3.8) is 0 Å². The van der Waals surface area contributed by atoms with E-state index in [0.717, 1.165) is 17.2 Å². The number of amides is 1. The van der Waals surface area contributed by atoms with Crippen LogP contribution in [0.15, 0.2) is 47.4 Å². The third kappa shape index (κ3) is 6.20. The zero-order valence-corrected chi connectivity index (χ0v) is 19.1. The van der Waals surface area contributed by atoms with Gasteiger partial charge in [-0.1, -0.05) is 29.8 Å².